The van der Waals surface area contributed by atoms with Crippen LogP contribution in [-0.4, -0.2) is 30.4 Å². The molecule has 0 saturated heterocycles. The number of urea groups is 1. The summed E-state index contributed by atoms with van der Waals surface area (Å²) >= 11 is 0. The van der Waals surface area contributed by atoms with E-state index in [1.54, 1.807) is 43.3 Å². The van der Waals surface area contributed by atoms with Gasteiger partial charge >= 0.3 is 12.0 Å². The molecule has 0 aliphatic rings. The quantitative estimate of drug-likeness (QED) is 0.577. The zero-order valence-electron chi connectivity index (χ0n) is 15.7. The SMILES string of the molecule is Cc1ccc(C(=O)C(C)OC(=O)CCNC(=O)Nc2ccccc2)cc1C. The maximum Gasteiger partial charge on any atom is 0.319 e. The summed E-state index contributed by atoms with van der Waals surface area (Å²) in [5.41, 5.74) is 3.27. The molecule has 2 amide bonds. The molecule has 0 fully saturated rings. The molecule has 0 aliphatic heterocycles. The van der Waals surface area contributed by atoms with Crippen LogP contribution in [0.15, 0.2) is 48.5 Å². The van der Waals surface area contributed by atoms with E-state index in [4.69, 9.17) is 4.74 Å². The van der Waals surface area contributed by atoms with Crippen LogP contribution in [0.25, 0.3) is 0 Å². The highest BCUT2D eigenvalue weighted by Crippen LogP contribution is 2.13. The van der Waals surface area contributed by atoms with Crippen LogP contribution >= 0.6 is 0 Å². The fourth-order valence-electron chi connectivity index (χ4n) is 2.41. The predicted octanol–water partition coefficient (Wildman–Crippen LogP) is 3.63. The minimum absolute atomic E-state index is 0.0211. The van der Waals surface area contributed by atoms with Crippen LogP contribution in [0.5, 0.6) is 0 Å². The second-order valence-electron chi connectivity index (χ2n) is 6.29. The van der Waals surface area contributed by atoms with Gasteiger partial charge in [-0.2, -0.15) is 0 Å². The molecule has 2 rings (SSSR count). The molecule has 0 bridgehead atoms. The molecule has 6 nitrogen and oxygen atoms in total. The van der Waals surface area contributed by atoms with Crippen molar-refractivity contribution >= 4 is 23.5 Å². The third kappa shape index (κ3) is 6.26. The van der Waals surface area contributed by atoms with E-state index in [0.29, 0.717) is 11.3 Å². The minimum atomic E-state index is -0.877. The second-order valence-corrected chi connectivity index (χ2v) is 6.29. The fourth-order valence-corrected chi connectivity index (χ4v) is 2.41. The van der Waals surface area contributed by atoms with Gasteiger partial charge in [0, 0.05) is 17.8 Å². The minimum Gasteiger partial charge on any atom is -0.454 e. The molecule has 1 unspecified atom stereocenters. The summed E-state index contributed by atoms with van der Waals surface area (Å²) in [6.45, 7) is 5.55. The van der Waals surface area contributed by atoms with Gasteiger partial charge in [0.15, 0.2) is 6.10 Å². The average Bonchev–Trinajstić information content (AvgIpc) is 2.64. The van der Waals surface area contributed by atoms with Gasteiger partial charge in [0.05, 0.1) is 6.42 Å². The van der Waals surface area contributed by atoms with Crippen LogP contribution in [-0.2, 0) is 9.53 Å². The molecule has 6 heteroatoms. The summed E-state index contributed by atoms with van der Waals surface area (Å²) in [6.07, 6.45) is -0.898. The zero-order chi connectivity index (χ0) is 19.8. The van der Waals surface area contributed by atoms with Gasteiger partial charge in [-0.1, -0.05) is 30.3 Å². The Balaban J connectivity index is 1.75. The third-order valence-electron chi connectivity index (χ3n) is 4.12. The summed E-state index contributed by atoms with van der Waals surface area (Å²) in [7, 11) is 0. The van der Waals surface area contributed by atoms with Crippen molar-refractivity contribution < 1.29 is 19.1 Å². The predicted molar refractivity (Wildman–Crippen MR) is 104 cm³/mol. The van der Waals surface area contributed by atoms with E-state index < -0.39 is 18.1 Å². The Morgan fingerprint density at radius 2 is 1.70 bits per heavy atom. The first-order chi connectivity index (χ1) is 12.9. The molecule has 27 heavy (non-hydrogen) atoms. The molecule has 2 aromatic rings. The van der Waals surface area contributed by atoms with Crippen molar-refractivity contribution in [2.75, 3.05) is 11.9 Å². The van der Waals surface area contributed by atoms with Crippen LogP contribution < -0.4 is 10.6 Å². The monoisotopic (exact) mass is 368 g/mol. The third-order valence-corrected chi connectivity index (χ3v) is 4.12. The van der Waals surface area contributed by atoms with E-state index >= 15 is 0 Å². The Labute approximate surface area is 158 Å². The van der Waals surface area contributed by atoms with Gasteiger partial charge in [-0.15, -0.1) is 0 Å². The van der Waals surface area contributed by atoms with E-state index in [1.807, 2.05) is 26.0 Å². The molecule has 1 atom stereocenters. The Bertz CT molecular complexity index is 818. The lowest BCUT2D eigenvalue weighted by molar-refractivity contribution is -0.146. The highest BCUT2D eigenvalue weighted by molar-refractivity contribution is 6.00. The van der Waals surface area contributed by atoms with Gasteiger partial charge in [0.25, 0.3) is 0 Å². The van der Waals surface area contributed by atoms with Crippen LogP contribution in [0.1, 0.15) is 34.8 Å². The molecule has 0 spiro atoms. The molecule has 2 aromatic carbocycles. The lowest BCUT2D eigenvalue weighted by Crippen LogP contribution is -2.32. The highest BCUT2D eigenvalue weighted by atomic mass is 16.5. The number of aryl methyl sites for hydroxylation is 2. The average molecular weight is 368 g/mol. The van der Waals surface area contributed by atoms with Crippen molar-refractivity contribution in [1.29, 1.82) is 0 Å². The second kappa shape index (κ2) is 9.52. The van der Waals surface area contributed by atoms with E-state index in [-0.39, 0.29) is 18.7 Å². The molecule has 0 radical (unpaired) electrons. The van der Waals surface area contributed by atoms with Crippen molar-refractivity contribution in [3.8, 4) is 0 Å². The Kier molecular flexibility index (Phi) is 7.11. The van der Waals surface area contributed by atoms with Crippen LogP contribution in [0.3, 0.4) is 0 Å². The number of carbonyl (C=O) groups is 3. The van der Waals surface area contributed by atoms with Crippen molar-refractivity contribution in [1.82, 2.24) is 5.32 Å². The number of Topliss-reactive ketones (excluding diaryl/α,β-unsaturated/α-hetero) is 1. The smallest absolute Gasteiger partial charge is 0.319 e. The number of esters is 1. The van der Waals surface area contributed by atoms with Gasteiger partial charge in [-0.25, -0.2) is 4.79 Å². The number of ether oxygens (including phenoxy) is 1. The Hall–Kier alpha value is -3.15. The molecule has 142 valence electrons. The number of anilines is 1. The van der Waals surface area contributed by atoms with Gasteiger partial charge < -0.3 is 15.4 Å². The number of benzene rings is 2. The number of hydrogen-bond donors (Lipinski definition) is 2. The first-order valence-corrected chi connectivity index (χ1v) is 8.77. The van der Waals surface area contributed by atoms with Gasteiger partial charge in [0.1, 0.15) is 0 Å². The standard InChI is InChI=1S/C21H24N2O4/c1-14-9-10-17(13-15(14)2)20(25)16(3)27-19(24)11-12-22-21(26)23-18-7-5-4-6-8-18/h4-10,13,16H,11-12H2,1-3H3,(H2,22,23,26). The van der Waals surface area contributed by atoms with Crippen molar-refractivity contribution in [3.05, 3.63) is 65.2 Å². The number of ketones is 1. The molecule has 0 aliphatic carbocycles. The van der Waals surface area contributed by atoms with Crippen LogP contribution in [0.4, 0.5) is 10.5 Å². The van der Waals surface area contributed by atoms with E-state index in [0.717, 1.165) is 11.1 Å². The molecule has 0 heterocycles. The molecular formula is C21H24N2O4. The van der Waals surface area contributed by atoms with E-state index in [2.05, 4.69) is 10.6 Å². The number of nitrogens with one attached hydrogen (secondary N) is 2. The molecule has 0 aromatic heterocycles. The maximum absolute atomic E-state index is 12.4. The number of amides is 2. The topological polar surface area (TPSA) is 84.5 Å². The summed E-state index contributed by atoms with van der Waals surface area (Å²) < 4.78 is 5.18. The van der Waals surface area contributed by atoms with E-state index in [1.165, 1.54) is 0 Å². The zero-order valence-corrected chi connectivity index (χ0v) is 15.7. The number of hydrogen-bond acceptors (Lipinski definition) is 4. The molecular weight excluding hydrogens is 344 g/mol. The number of rotatable bonds is 7. The van der Waals surface area contributed by atoms with Gasteiger partial charge in [0.2, 0.25) is 5.78 Å². The first kappa shape index (κ1) is 20.2. The summed E-state index contributed by atoms with van der Waals surface area (Å²) in [5.74, 6) is -0.791. The Morgan fingerprint density at radius 1 is 1.00 bits per heavy atom. The normalized spacial score (nSPS) is 11.4. The first-order valence-electron chi connectivity index (χ1n) is 8.77. The van der Waals surface area contributed by atoms with Crippen LogP contribution in [0, 0.1) is 13.8 Å². The van der Waals surface area contributed by atoms with Crippen LogP contribution in [0.2, 0.25) is 0 Å². The number of para-hydroxylation sites is 1. The summed E-state index contributed by atoms with van der Waals surface area (Å²) in [6, 6.07) is 13.9. The maximum atomic E-state index is 12.4. The molecule has 2 N–H and O–H groups in total. The van der Waals surface area contributed by atoms with Gasteiger partial charge in [-0.3, -0.25) is 9.59 Å². The summed E-state index contributed by atoms with van der Waals surface area (Å²) in [4.78, 5) is 36.0. The van der Waals surface area contributed by atoms with Crippen molar-refractivity contribution in [3.63, 3.8) is 0 Å². The van der Waals surface area contributed by atoms with Crippen molar-refractivity contribution in [2.24, 2.45) is 0 Å². The Morgan fingerprint density at radius 3 is 2.37 bits per heavy atom. The highest BCUT2D eigenvalue weighted by Gasteiger charge is 2.19. The fraction of sp³-hybridized carbons (Fsp3) is 0.286. The lowest BCUT2D eigenvalue weighted by atomic mass is 10.0. The number of carbonyl (C=O) groups excluding carboxylic acids is 3. The molecule has 0 saturated carbocycles. The largest absolute Gasteiger partial charge is 0.454 e. The summed E-state index contributed by atoms with van der Waals surface area (Å²) in [5, 5.41) is 5.22. The van der Waals surface area contributed by atoms with Gasteiger partial charge in [-0.05, 0) is 50.1 Å². The van der Waals surface area contributed by atoms with Crippen molar-refractivity contribution in [2.45, 2.75) is 33.3 Å². The van der Waals surface area contributed by atoms with E-state index in [9.17, 15) is 14.4 Å². The lowest BCUT2D eigenvalue weighted by Gasteiger charge is -2.13.